The molecule has 2 unspecified atom stereocenters. The van der Waals surface area contributed by atoms with Gasteiger partial charge in [-0.05, 0) is 63.0 Å². The third kappa shape index (κ3) is 3.29. The Labute approximate surface area is 153 Å². The van der Waals surface area contributed by atoms with Gasteiger partial charge in [0.05, 0.1) is 7.11 Å². The Hall–Kier alpha value is -2.47. The van der Waals surface area contributed by atoms with Crippen LogP contribution in [-0.4, -0.2) is 48.1 Å². The summed E-state index contributed by atoms with van der Waals surface area (Å²) in [6.07, 6.45) is 2.36. The number of fused-ring (bicyclic) bond motifs is 3. The van der Waals surface area contributed by atoms with Gasteiger partial charge in [0.25, 0.3) is 5.91 Å². The maximum atomic E-state index is 12.7. The second kappa shape index (κ2) is 7.03. The minimum atomic E-state index is -0.0105. The third-order valence-corrected chi connectivity index (χ3v) is 5.67. The van der Waals surface area contributed by atoms with Gasteiger partial charge >= 0.3 is 0 Å². The normalized spacial score (nSPS) is 27.2. The molecule has 0 aliphatic carbocycles. The molecule has 2 aromatic rings. The van der Waals surface area contributed by atoms with Gasteiger partial charge in [-0.2, -0.15) is 0 Å². The van der Waals surface area contributed by atoms with Gasteiger partial charge in [-0.25, -0.2) is 0 Å². The Morgan fingerprint density at radius 1 is 1.12 bits per heavy atom. The molecule has 2 bridgehead atoms. The molecule has 0 radical (unpaired) electrons. The standard InChI is InChI=1S/C20H25N3O3/c1-13-19(14-9-11-23(13)12-10-14)22-20(24)15-3-5-16(6-4-15)26-18-8-7-17(21-18)25-2/h3-8,13-14,19,21H,9-12H2,1-2H3,(H,22,24). The summed E-state index contributed by atoms with van der Waals surface area (Å²) in [5.74, 6) is 2.50. The zero-order valence-electron chi connectivity index (χ0n) is 15.2. The summed E-state index contributed by atoms with van der Waals surface area (Å²) in [6, 6.07) is 11.5. The monoisotopic (exact) mass is 355 g/mol. The first-order valence-electron chi connectivity index (χ1n) is 9.20. The summed E-state index contributed by atoms with van der Waals surface area (Å²) in [5.41, 5.74) is 0.657. The predicted molar refractivity (Wildman–Crippen MR) is 98.9 cm³/mol. The number of carbonyl (C=O) groups excluding carboxylic acids is 1. The first kappa shape index (κ1) is 17.0. The van der Waals surface area contributed by atoms with E-state index in [1.54, 1.807) is 31.4 Å². The second-order valence-electron chi connectivity index (χ2n) is 7.13. The highest BCUT2D eigenvalue weighted by atomic mass is 16.5. The molecule has 1 aromatic heterocycles. The molecule has 6 nitrogen and oxygen atoms in total. The molecule has 3 aliphatic rings. The van der Waals surface area contributed by atoms with Gasteiger partial charge in [0.15, 0.2) is 11.8 Å². The predicted octanol–water partition coefficient (Wildman–Crippen LogP) is 3.03. The molecule has 0 saturated carbocycles. The molecule has 3 fully saturated rings. The lowest BCUT2D eigenvalue weighted by atomic mass is 9.79. The topological polar surface area (TPSA) is 66.6 Å². The van der Waals surface area contributed by atoms with Gasteiger partial charge in [-0.1, -0.05) is 0 Å². The van der Waals surface area contributed by atoms with Gasteiger partial charge in [-0.15, -0.1) is 0 Å². The number of aromatic amines is 1. The molecule has 138 valence electrons. The average Bonchev–Trinajstić information content (AvgIpc) is 3.13. The van der Waals surface area contributed by atoms with Crippen LogP contribution in [0.2, 0.25) is 0 Å². The van der Waals surface area contributed by atoms with Gasteiger partial charge in [-0.3, -0.25) is 14.7 Å². The van der Waals surface area contributed by atoms with Gasteiger partial charge < -0.3 is 14.8 Å². The fourth-order valence-electron chi connectivity index (χ4n) is 4.12. The Morgan fingerprint density at radius 2 is 1.81 bits per heavy atom. The van der Waals surface area contributed by atoms with E-state index in [4.69, 9.17) is 9.47 Å². The van der Waals surface area contributed by atoms with Crippen LogP contribution >= 0.6 is 0 Å². The Kier molecular flexibility index (Phi) is 4.59. The van der Waals surface area contributed by atoms with Crippen molar-refractivity contribution in [1.29, 1.82) is 0 Å². The molecule has 5 rings (SSSR count). The van der Waals surface area contributed by atoms with Crippen molar-refractivity contribution in [2.75, 3.05) is 20.2 Å². The zero-order chi connectivity index (χ0) is 18.1. The highest BCUT2D eigenvalue weighted by molar-refractivity contribution is 5.94. The highest BCUT2D eigenvalue weighted by Gasteiger charge is 2.40. The number of H-pyrrole nitrogens is 1. The van der Waals surface area contributed by atoms with Crippen LogP contribution in [0.4, 0.5) is 0 Å². The summed E-state index contributed by atoms with van der Waals surface area (Å²) in [4.78, 5) is 18.1. The Balaban J connectivity index is 1.39. The number of carbonyl (C=O) groups is 1. The van der Waals surface area contributed by atoms with Crippen LogP contribution in [0, 0.1) is 5.92 Å². The highest BCUT2D eigenvalue weighted by Crippen LogP contribution is 2.32. The van der Waals surface area contributed by atoms with E-state index in [2.05, 4.69) is 22.1 Å². The lowest BCUT2D eigenvalue weighted by Gasteiger charge is -2.49. The molecule has 4 heterocycles. The van der Waals surface area contributed by atoms with E-state index in [-0.39, 0.29) is 11.9 Å². The molecule has 2 atom stereocenters. The number of nitrogens with zero attached hydrogens (tertiary/aromatic N) is 1. The molecule has 1 amide bonds. The van der Waals surface area contributed by atoms with Crippen molar-refractivity contribution in [2.45, 2.75) is 31.8 Å². The number of piperidine rings is 3. The van der Waals surface area contributed by atoms with Crippen LogP contribution in [0.3, 0.4) is 0 Å². The van der Waals surface area contributed by atoms with E-state index in [0.29, 0.717) is 35.0 Å². The zero-order valence-corrected chi connectivity index (χ0v) is 15.2. The quantitative estimate of drug-likeness (QED) is 0.865. The molecule has 0 spiro atoms. The molecule has 26 heavy (non-hydrogen) atoms. The number of ether oxygens (including phenoxy) is 2. The first-order chi connectivity index (χ1) is 12.6. The number of hydrogen-bond donors (Lipinski definition) is 2. The summed E-state index contributed by atoms with van der Waals surface area (Å²) < 4.78 is 10.8. The van der Waals surface area contributed by atoms with Crippen LogP contribution in [0.25, 0.3) is 0 Å². The number of hydrogen-bond acceptors (Lipinski definition) is 4. The Morgan fingerprint density at radius 3 is 2.42 bits per heavy atom. The van der Waals surface area contributed by atoms with Crippen LogP contribution in [0.15, 0.2) is 36.4 Å². The maximum absolute atomic E-state index is 12.7. The fourth-order valence-corrected chi connectivity index (χ4v) is 4.12. The van der Waals surface area contributed by atoms with Crippen LogP contribution < -0.4 is 14.8 Å². The lowest BCUT2D eigenvalue weighted by molar-refractivity contribution is 0.0217. The number of rotatable bonds is 5. The molecule has 2 N–H and O–H groups in total. The van der Waals surface area contributed by atoms with Crippen LogP contribution in [-0.2, 0) is 0 Å². The number of benzene rings is 1. The smallest absolute Gasteiger partial charge is 0.251 e. The SMILES string of the molecule is COc1ccc(Oc2ccc(C(=O)NC3C4CCN(CC4)C3C)cc2)[nH]1. The van der Waals surface area contributed by atoms with Crippen molar-refractivity contribution < 1.29 is 14.3 Å². The third-order valence-electron chi connectivity index (χ3n) is 5.67. The molecule has 3 aliphatic heterocycles. The summed E-state index contributed by atoms with van der Waals surface area (Å²) >= 11 is 0. The minimum absolute atomic E-state index is 0.0105. The minimum Gasteiger partial charge on any atom is -0.482 e. The first-order valence-corrected chi connectivity index (χ1v) is 9.20. The largest absolute Gasteiger partial charge is 0.482 e. The van der Waals surface area contributed by atoms with Crippen LogP contribution in [0.1, 0.15) is 30.1 Å². The number of nitrogens with one attached hydrogen (secondary N) is 2. The molecule has 1 aromatic carbocycles. The number of methoxy groups -OCH3 is 1. The van der Waals surface area contributed by atoms with Crippen molar-refractivity contribution in [3.05, 3.63) is 42.0 Å². The van der Waals surface area contributed by atoms with Crippen molar-refractivity contribution in [3.8, 4) is 17.5 Å². The molecule has 6 heteroatoms. The molecule has 3 saturated heterocycles. The Bertz CT molecular complexity index is 761. The second-order valence-corrected chi connectivity index (χ2v) is 7.13. The average molecular weight is 355 g/mol. The van der Waals surface area contributed by atoms with E-state index in [1.165, 1.54) is 12.8 Å². The molecular formula is C20H25N3O3. The number of amides is 1. The van der Waals surface area contributed by atoms with E-state index in [9.17, 15) is 4.79 Å². The van der Waals surface area contributed by atoms with Crippen molar-refractivity contribution in [1.82, 2.24) is 15.2 Å². The van der Waals surface area contributed by atoms with E-state index in [1.807, 2.05) is 12.1 Å². The lowest BCUT2D eigenvalue weighted by Crippen LogP contribution is -2.62. The van der Waals surface area contributed by atoms with Crippen LogP contribution in [0.5, 0.6) is 17.5 Å². The van der Waals surface area contributed by atoms with Gasteiger partial charge in [0.1, 0.15) is 5.75 Å². The van der Waals surface area contributed by atoms with E-state index < -0.39 is 0 Å². The van der Waals surface area contributed by atoms with Crippen molar-refractivity contribution >= 4 is 5.91 Å². The van der Waals surface area contributed by atoms with Crippen molar-refractivity contribution in [3.63, 3.8) is 0 Å². The fraction of sp³-hybridized carbons (Fsp3) is 0.450. The summed E-state index contributed by atoms with van der Waals surface area (Å²) in [6.45, 7) is 4.54. The maximum Gasteiger partial charge on any atom is 0.251 e. The number of aromatic nitrogens is 1. The molecular weight excluding hydrogens is 330 g/mol. The van der Waals surface area contributed by atoms with Crippen molar-refractivity contribution in [2.24, 2.45) is 5.92 Å². The summed E-state index contributed by atoms with van der Waals surface area (Å²) in [7, 11) is 1.60. The summed E-state index contributed by atoms with van der Waals surface area (Å²) in [5, 5.41) is 3.25. The van der Waals surface area contributed by atoms with E-state index in [0.717, 1.165) is 13.1 Å². The van der Waals surface area contributed by atoms with Gasteiger partial charge in [0, 0.05) is 29.8 Å². The van der Waals surface area contributed by atoms with Gasteiger partial charge in [0.2, 0.25) is 0 Å². The van der Waals surface area contributed by atoms with E-state index >= 15 is 0 Å².